The van der Waals surface area contributed by atoms with Crippen LogP contribution in [-0.2, 0) is 4.79 Å². The molecule has 2 rings (SSSR count). The lowest BCUT2D eigenvalue weighted by Crippen LogP contribution is -2.32. The van der Waals surface area contributed by atoms with Gasteiger partial charge in [0.15, 0.2) is 11.2 Å². The van der Waals surface area contributed by atoms with Crippen LogP contribution in [0.3, 0.4) is 0 Å². The van der Waals surface area contributed by atoms with Crippen LogP contribution in [0.1, 0.15) is 13.3 Å². The first-order valence-electron chi connectivity index (χ1n) is 5.81. The number of benzene rings is 1. The summed E-state index contributed by atoms with van der Waals surface area (Å²) in [4.78, 5) is 15.9. The van der Waals surface area contributed by atoms with E-state index in [-0.39, 0.29) is 11.7 Å². The molecule has 2 aromatic rings. The molecular formula is C13H13FN2O2S. The van der Waals surface area contributed by atoms with Crippen LogP contribution >= 0.6 is 11.3 Å². The Morgan fingerprint density at radius 2 is 2.21 bits per heavy atom. The van der Waals surface area contributed by atoms with Gasteiger partial charge in [0.1, 0.15) is 11.6 Å². The first-order valence-corrected chi connectivity index (χ1v) is 6.69. The molecule has 1 atom stereocenters. The number of hydrogen-bond acceptors (Lipinski definition) is 4. The number of hydrogen-bond donors (Lipinski definition) is 1. The summed E-state index contributed by atoms with van der Waals surface area (Å²) >= 11 is 1.34. The number of ether oxygens (including phenoxy) is 1. The summed E-state index contributed by atoms with van der Waals surface area (Å²) in [5.41, 5.74) is 0. The van der Waals surface area contributed by atoms with Crippen molar-refractivity contribution >= 4 is 22.4 Å². The Morgan fingerprint density at radius 3 is 2.79 bits per heavy atom. The minimum atomic E-state index is -0.630. The van der Waals surface area contributed by atoms with Gasteiger partial charge in [-0.2, -0.15) is 0 Å². The van der Waals surface area contributed by atoms with Gasteiger partial charge in [-0.25, -0.2) is 9.37 Å². The number of rotatable bonds is 5. The summed E-state index contributed by atoms with van der Waals surface area (Å²) in [6.45, 7) is 1.84. The van der Waals surface area contributed by atoms with E-state index in [4.69, 9.17) is 4.74 Å². The number of amides is 1. The molecule has 0 saturated carbocycles. The maximum absolute atomic E-state index is 12.8. The third-order valence-electron chi connectivity index (χ3n) is 2.42. The predicted octanol–water partition coefficient (Wildman–Crippen LogP) is 3.08. The molecule has 1 N–H and O–H groups in total. The molecule has 6 heteroatoms. The number of carbonyl (C=O) groups is 1. The highest BCUT2D eigenvalue weighted by atomic mass is 32.1. The molecule has 0 aliphatic rings. The van der Waals surface area contributed by atoms with Gasteiger partial charge in [0.25, 0.3) is 5.91 Å². The van der Waals surface area contributed by atoms with Crippen molar-refractivity contribution < 1.29 is 13.9 Å². The lowest BCUT2D eigenvalue weighted by atomic mass is 10.2. The average molecular weight is 280 g/mol. The van der Waals surface area contributed by atoms with E-state index in [0.717, 1.165) is 0 Å². The van der Waals surface area contributed by atoms with Crippen LogP contribution in [0.25, 0.3) is 0 Å². The second-order valence-corrected chi connectivity index (χ2v) is 4.69. The molecule has 0 saturated heterocycles. The Hall–Kier alpha value is -1.95. The fraction of sp³-hybridized carbons (Fsp3) is 0.231. The van der Waals surface area contributed by atoms with Gasteiger partial charge in [0.05, 0.1) is 0 Å². The van der Waals surface area contributed by atoms with Crippen molar-refractivity contribution in [3.63, 3.8) is 0 Å². The van der Waals surface area contributed by atoms with E-state index in [0.29, 0.717) is 17.3 Å². The topological polar surface area (TPSA) is 51.2 Å². The Bertz CT molecular complexity index is 528. The number of nitrogens with zero attached hydrogens (tertiary/aromatic N) is 1. The minimum Gasteiger partial charge on any atom is -0.481 e. The molecule has 1 amide bonds. The highest BCUT2D eigenvalue weighted by Gasteiger charge is 2.19. The van der Waals surface area contributed by atoms with Crippen LogP contribution in [0.5, 0.6) is 5.75 Å². The van der Waals surface area contributed by atoms with Gasteiger partial charge < -0.3 is 4.74 Å². The van der Waals surface area contributed by atoms with Gasteiger partial charge in [0.2, 0.25) is 0 Å². The second-order valence-electron chi connectivity index (χ2n) is 3.80. The number of carbonyl (C=O) groups excluding carboxylic acids is 1. The SMILES string of the molecule is CCC(Oc1ccc(F)cc1)C(=O)Nc1nccs1. The molecule has 1 heterocycles. The second kappa shape index (κ2) is 6.29. The maximum atomic E-state index is 12.8. The van der Waals surface area contributed by atoms with Crippen molar-refractivity contribution in [1.29, 1.82) is 0 Å². The highest BCUT2D eigenvalue weighted by molar-refractivity contribution is 7.13. The zero-order valence-corrected chi connectivity index (χ0v) is 11.1. The molecule has 1 aromatic carbocycles. The smallest absolute Gasteiger partial charge is 0.267 e. The fourth-order valence-electron chi connectivity index (χ4n) is 1.47. The fourth-order valence-corrected chi connectivity index (χ4v) is 2.00. The monoisotopic (exact) mass is 280 g/mol. The van der Waals surface area contributed by atoms with Crippen LogP contribution in [-0.4, -0.2) is 17.0 Å². The van der Waals surface area contributed by atoms with E-state index in [9.17, 15) is 9.18 Å². The van der Waals surface area contributed by atoms with E-state index in [1.165, 1.54) is 35.6 Å². The Kier molecular flexibility index (Phi) is 4.46. The summed E-state index contributed by atoms with van der Waals surface area (Å²) in [6.07, 6.45) is 1.49. The third-order valence-corrected chi connectivity index (χ3v) is 3.11. The molecular weight excluding hydrogens is 267 g/mol. The lowest BCUT2D eigenvalue weighted by molar-refractivity contribution is -0.122. The first-order chi connectivity index (χ1) is 9.19. The molecule has 0 fully saturated rings. The standard InChI is InChI=1S/C13H13FN2O2S/c1-2-11(12(17)16-13-15-7-8-19-13)18-10-5-3-9(14)4-6-10/h3-8,11H,2H2,1H3,(H,15,16,17). The van der Waals surface area contributed by atoms with Crippen LogP contribution in [0.2, 0.25) is 0 Å². The van der Waals surface area contributed by atoms with Gasteiger partial charge in [-0.15, -0.1) is 11.3 Å². The van der Waals surface area contributed by atoms with Gasteiger partial charge in [-0.05, 0) is 30.7 Å². The van der Waals surface area contributed by atoms with Crippen molar-refractivity contribution in [2.75, 3.05) is 5.32 Å². The molecule has 100 valence electrons. The molecule has 0 spiro atoms. The van der Waals surface area contributed by atoms with Crippen LogP contribution in [0, 0.1) is 5.82 Å². The third kappa shape index (κ3) is 3.75. The largest absolute Gasteiger partial charge is 0.481 e. The number of anilines is 1. The summed E-state index contributed by atoms with van der Waals surface area (Å²) in [5.74, 6) is -0.142. The highest BCUT2D eigenvalue weighted by Crippen LogP contribution is 2.16. The van der Waals surface area contributed by atoms with E-state index in [2.05, 4.69) is 10.3 Å². The Morgan fingerprint density at radius 1 is 1.47 bits per heavy atom. The number of aromatic nitrogens is 1. The molecule has 0 radical (unpaired) electrons. The normalized spacial score (nSPS) is 11.9. The number of nitrogens with one attached hydrogen (secondary N) is 1. The first kappa shape index (κ1) is 13.5. The Labute approximate surface area is 114 Å². The molecule has 0 bridgehead atoms. The van der Waals surface area contributed by atoms with E-state index in [1.807, 2.05) is 6.92 Å². The zero-order chi connectivity index (χ0) is 13.7. The van der Waals surface area contributed by atoms with E-state index >= 15 is 0 Å². The molecule has 4 nitrogen and oxygen atoms in total. The average Bonchev–Trinajstić information content (AvgIpc) is 2.90. The van der Waals surface area contributed by atoms with Crippen LogP contribution in [0.4, 0.5) is 9.52 Å². The zero-order valence-electron chi connectivity index (χ0n) is 10.3. The molecule has 0 aliphatic carbocycles. The van der Waals surface area contributed by atoms with Gasteiger partial charge >= 0.3 is 0 Å². The van der Waals surface area contributed by atoms with Crippen molar-refractivity contribution in [3.8, 4) is 5.75 Å². The van der Waals surface area contributed by atoms with E-state index < -0.39 is 6.10 Å². The number of halogens is 1. The summed E-state index contributed by atoms with van der Waals surface area (Å²) < 4.78 is 18.3. The molecule has 19 heavy (non-hydrogen) atoms. The maximum Gasteiger partial charge on any atom is 0.267 e. The number of thiazole rings is 1. The molecule has 1 aromatic heterocycles. The summed E-state index contributed by atoms with van der Waals surface area (Å²) in [7, 11) is 0. The van der Waals surface area contributed by atoms with Crippen molar-refractivity contribution in [1.82, 2.24) is 4.98 Å². The molecule has 0 aliphatic heterocycles. The van der Waals surface area contributed by atoms with Gasteiger partial charge in [-0.1, -0.05) is 6.92 Å². The van der Waals surface area contributed by atoms with Crippen LogP contribution < -0.4 is 10.1 Å². The van der Waals surface area contributed by atoms with Crippen molar-refractivity contribution in [3.05, 3.63) is 41.7 Å². The summed E-state index contributed by atoms with van der Waals surface area (Å²) in [6, 6.07) is 5.57. The van der Waals surface area contributed by atoms with E-state index in [1.54, 1.807) is 11.6 Å². The van der Waals surface area contributed by atoms with Crippen molar-refractivity contribution in [2.45, 2.75) is 19.4 Å². The summed E-state index contributed by atoms with van der Waals surface area (Å²) in [5, 5.41) is 4.98. The minimum absolute atomic E-state index is 0.262. The Balaban J connectivity index is 1.99. The lowest BCUT2D eigenvalue weighted by Gasteiger charge is -2.16. The quantitative estimate of drug-likeness (QED) is 0.915. The van der Waals surface area contributed by atoms with Crippen molar-refractivity contribution in [2.24, 2.45) is 0 Å². The van der Waals surface area contributed by atoms with Crippen LogP contribution in [0.15, 0.2) is 35.8 Å². The predicted molar refractivity (Wildman–Crippen MR) is 71.9 cm³/mol. The van der Waals surface area contributed by atoms with Gasteiger partial charge in [-0.3, -0.25) is 10.1 Å². The van der Waals surface area contributed by atoms with Gasteiger partial charge in [0, 0.05) is 11.6 Å². The molecule has 1 unspecified atom stereocenters.